The van der Waals surface area contributed by atoms with Crippen molar-refractivity contribution in [3.8, 4) is 33.5 Å². The van der Waals surface area contributed by atoms with Crippen LogP contribution in [0.4, 0.5) is 4.39 Å². The average molecular weight is 559 g/mol. The van der Waals surface area contributed by atoms with Crippen LogP contribution in [-0.2, 0) is 6.42 Å². The molecule has 0 amide bonds. The van der Waals surface area contributed by atoms with Crippen LogP contribution in [0.25, 0.3) is 44.5 Å². The molecule has 2 aliphatic carbocycles. The topological polar surface area (TPSA) is 81.4 Å². The van der Waals surface area contributed by atoms with Gasteiger partial charge in [-0.3, -0.25) is 0 Å². The molecular weight excluding hydrogens is 523 g/mol. The summed E-state index contributed by atoms with van der Waals surface area (Å²) in [6.07, 6.45) is 7.76. The van der Waals surface area contributed by atoms with Gasteiger partial charge in [-0.2, -0.15) is 0 Å². The number of alkyl halides is 1. The molecule has 42 heavy (non-hydrogen) atoms. The summed E-state index contributed by atoms with van der Waals surface area (Å²) in [5, 5.41) is 6.78. The van der Waals surface area contributed by atoms with Crippen molar-refractivity contribution < 1.29 is 4.39 Å². The molecular formula is C35H35FN6. The first-order valence-electron chi connectivity index (χ1n) is 15.6. The van der Waals surface area contributed by atoms with Crippen LogP contribution in [-0.4, -0.2) is 39.2 Å². The van der Waals surface area contributed by atoms with E-state index < -0.39 is 6.17 Å². The zero-order valence-electron chi connectivity index (χ0n) is 23.6. The number of nitrogens with one attached hydrogen (secondary N) is 4. The molecule has 2 aromatic heterocycles. The van der Waals surface area contributed by atoms with E-state index in [4.69, 9.17) is 4.98 Å². The van der Waals surface area contributed by atoms with Gasteiger partial charge in [0.25, 0.3) is 0 Å². The number of H-pyrrole nitrogens is 2. The minimum absolute atomic E-state index is 0.0407. The van der Waals surface area contributed by atoms with E-state index in [-0.39, 0.29) is 6.04 Å². The third kappa shape index (κ3) is 3.97. The van der Waals surface area contributed by atoms with Crippen LogP contribution in [0.15, 0.2) is 60.8 Å². The molecule has 212 valence electrons. The number of hydrogen-bond acceptors (Lipinski definition) is 4. The van der Waals surface area contributed by atoms with E-state index in [9.17, 15) is 4.39 Å². The Kier molecular flexibility index (Phi) is 5.67. The van der Waals surface area contributed by atoms with Crippen LogP contribution in [0.3, 0.4) is 0 Å². The zero-order chi connectivity index (χ0) is 27.8. The van der Waals surface area contributed by atoms with Crippen LogP contribution in [0.5, 0.6) is 0 Å². The van der Waals surface area contributed by atoms with Gasteiger partial charge in [-0.1, -0.05) is 42.5 Å². The number of aromatic amines is 2. The molecule has 1 saturated carbocycles. The molecule has 9 rings (SSSR count). The van der Waals surface area contributed by atoms with E-state index in [1.54, 1.807) is 5.56 Å². The van der Waals surface area contributed by atoms with Crippen molar-refractivity contribution in [2.45, 2.75) is 62.7 Å². The highest BCUT2D eigenvalue weighted by atomic mass is 19.1. The van der Waals surface area contributed by atoms with E-state index in [1.165, 1.54) is 52.6 Å². The molecule has 3 aromatic carbocycles. The van der Waals surface area contributed by atoms with Gasteiger partial charge in [0.1, 0.15) is 17.8 Å². The number of aromatic nitrogens is 4. The van der Waals surface area contributed by atoms with Crippen molar-refractivity contribution in [1.82, 2.24) is 30.6 Å². The Bertz CT molecular complexity index is 1800. The quantitative estimate of drug-likeness (QED) is 0.185. The van der Waals surface area contributed by atoms with Crippen LogP contribution >= 0.6 is 0 Å². The fraction of sp³-hybridized carbons (Fsp3) is 0.371. The van der Waals surface area contributed by atoms with E-state index >= 15 is 0 Å². The highest BCUT2D eigenvalue weighted by molar-refractivity contribution is 5.86. The van der Waals surface area contributed by atoms with E-state index in [0.717, 1.165) is 53.7 Å². The zero-order valence-corrected chi connectivity index (χ0v) is 23.6. The molecule has 6 nitrogen and oxygen atoms in total. The number of halogens is 1. The highest BCUT2D eigenvalue weighted by Gasteiger charge is 2.42. The standard InChI is InChI=1S/C35H35FN6/c36-23-16-31(38-17-23)35-40-28-12-8-22(15-30(28)41-35)24-10-11-25(33-26-9-7-21(26)14-27(24)33)19-3-5-20(6-4-19)32-18-39-34(42-32)29-2-1-13-37-29/h3-6,8,10-12,15,18,21,23,26,29,31,37-38H,1-2,7,9,13-14,16-17H2,(H,39,42)(H,40,41)/t21?,23-,26?,29-,31-/m0/s1. The fourth-order valence-electron chi connectivity index (χ4n) is 7.96. The molecule has 4 heterocycles. The molecule has 3 fully saturated rings. The molecule has 7 heteroatoms. The van der Waals surface area contributed by atoms with Gasteiger partial charge in [-0.15, -0.1) is 0 Å². The maximum absolute atomic E-state index is 13.8. The van der Waals surface area contributed by atoms with Gasteiger partial charge in [0.2, 0.25) is 0 Å². The number of nitrogens with zero attached hydrogens (tertiary/aromatic N) is 2. The molecule has 0 spiro atoms. The first-order valence-corrected chi connectivity index (χ1v) is 15.6. The van der Waals surface area contributed by atoms with Crippen molar-refractivity contribution in [2.24, 2.45) is 5.92 Å². The van der Waals surface area contributed by atoms with Gasteiger partial charge in [0.15, 0.2) is 0 Å². The summed E-state index contributed by atoms with van der Waals surface area (Å²) in [7, 11) is 0. The minimum Gasteiger partial charge on any atom is -0.341 e. The van der Waals surface area contributed by atoms with Crippen molar-refractivity contribution >= 4 is 11.0 Å². The maximum atomic E-state index is 13.8. The summed E-state index contributed by atoms with van der Waals surface area (Å²) in [5.74, 6) is 3.31. The monoisotopic (exact) mass is 558 g/mol. The first-order chi connectivity index (χ1) is 20.7. The van der Waals surface area contributed by atoms with Crippen LogP contribution in [0.1, 0.15) is 72.9 Å². The predicted molar refractivity (Wildman–Crippen MR) is 164 cm³/mol. The van der Waals surface area contributed by atoms with E-state index in [2.05, 4.69) is 80.2 Å². The fourth-order valence-corrected chi connectivity index (χ4v) is 7.96. The third-order valence-corrected chi connectivity index (χ3v) is 10.3. The Morgan fingerprint density at radius 1 is 0.786 bits per heavy atom. The summed E-state index contributed by atoms with van der Waals surface area (Å²) in [6.45, 7) is 1.47. The first kappa shape index (κ1) is 24.8. The smallest absolute Gasteiger partial charge is 0.124 e. The SMILES string of the molecule is F[C@@H]1CN[C@H](c2nc3ccc(-c4ccc(-c5ccc(-c6cnc([C@@H]7CCCN7)[nH]6)cc5)c5c4CC4CCC54)cc3[nH]2)C1. The van der Waals surface area contributed by atoms with Crippen molar-refractivity contribution in [3.63, 3.8) is 0 Å². The molecule has 2 saturated heterocycles. The summed E-state index contributed by atoms with van der Waals surface area (Å²) < 4.78 is 13.8. The van der Waals surface area contributed by atoms with Crippen LogP contribution < -0.4 is 10.6 Å². The predicted octanol–water partition coefficient (Wildman–Crippen LogP) is 7.13. The van der Waals surface area contributed by atoms with Crippen LogP contribution in [0, 0.1) is 5.92 Å². The third-order valence-electron chi connectivity index (χ3n) is 10.3. The normalized spacial score (nSPS) is 26.5. The number of imidazole rings is 2. The lowest BCUT2D eigenvalue weighted by atomic mass is 9.73. The Morgan fingerprint density at radius 2 is 1.64 bits per heavy atom. The van der Waals surface area contributed by atoms with E-state index in [1.807, 2.05) is 6.20 Å². The summed E-state index contributed by atoms with van der Waals surface area (Å²) in [4.78, 5) is 16.5. The van der Waals surface area contributed by atoms with Crippen molar-refractivity contribution in [1.29, 1.82) is 0 Å². The average Bonchev–Trinajstić information content (AvgIpc) is 3.83. The number of fused-ring (bicyclic) bond motifs is 4. The second-order valence-corrected chi connectivity index (χ2v) is 12.8. The van der Waals surface area contributed by atoms with E-state index in [0.29, 0.717) is 24.9 Å². The Balaban J connectivity index is 1.05. The summed E-state index contributed by atoms with van der Waals surface area (Å²) in [5.41, 5.74) is 12.5. The van der Waals surface area contributed by atoms with Gasteiger partial charge < -0.3 is 20.6 Å². The number of benzene rings is 3. The molecule has 5 atom stereocenters. The molecule has 0 radical (unpaired) electrons. The van der Waals surface area contributed by atoms with Gasteiger partial charge in [-0.25, -0.2) is 14.4 Å². The van der Waals surface area contributed by atoms with Gasteiger partial charge in [0, 0.05) is 13.0 Å². The molecule has 2 aliphatic heterocycles. The van der Waals surface area contributed by atoms with Gasteiger partial charge in [0.05, 0.1) is 35.0 Å². The lowest BCUT2D eigenvalue weighted by molar-refractivity contribution is 0.281. The highest BCUT2D eigenvalue weighted by Crippen LogP contribution is 2.56. The van der Waals surface area contributed by atoms with Crippen molar-refractivity contribution in [3.05, 3.63) is 83.6 Å². The lowest BCUT2D eigenvalue weighted by Gasteiger charge is -2.31. The molecule has 4 aliphatic rings. The summed E-state index contributed by atoms with van der Waals surface area (Å²) in [6, 6.07) is 20.5. The Morgan fingerprint density at radius 3 is 2.43 bits per heavy atom. The van der Waals surface area contributed by atoms with Gasteiger partial charge in [-0.05, 0) is 102 Å². The minimum atomic E-state index is -0.802. The lowest BCUT2D eigenvalue weighted by Crippen LogP contribution is -2.19. The largest absolute Gasteiger partial charge is 0.341 e. The second kappa shape index (κ2) is 9.61. The van der Waals surface area contributed by atoms with Gasteiger partial charge >= 0.3 is 0 Å². The second-order valence-electron chi connectivity index (χ2n) is 12.8. The molecule has 2 unspecified atom stereocenters. The summed E-state index contributed by atoms with van der Waals surface area (Å²) >= 11 is 0. The Labute approximate surface area is 244 Å². The van der Waals surface area contributed by atoms with Crippen LogP contribution in [0.2, 0.25) is 0 Å². The maximum Gasteiger partial charge on any atom is 0.124 e. The Hall–Kier alpha value is -3.81. The number of rotatable bonds is 5. The van der Waals surface area contributed by atoms with Crippen molar-refractivity contribution in [2.75, 3.05) is 13.1 Å². The molecule has 5 aromatic rings. The number of hydrogen-bond donors (Lipinski definition) is 4. The molecule has 4 N–H and O–H groups in total. The molecule has 0 bridgehead atoms.